The SMILES string of the molecule is Fc1ccccc1C1(Br)[CH]C(Br)=CC(C(F)(C(F)(F)F)C(F)(F)F)=C1. The van der Waals surface area contributed by atoms with Gasteiger partial charge in [-0.15, -0.1) is 0 Å². The van der Waals surface area contributed by atoms with Gasteiger partial charge in [0, 0.05) is 22.0 Å². The van der Waals surface area contributed by atoms with E-state index in [1.165, 1.54) is 12.1 Å². The molecule has 0 bridgehead atoms. The van der Waals surface area contributed by atoms with Gasteiger partial charge in [0.1, 0.15) is 5.82 Å². The minimum absolute atomic E-state index is 0.274. The third-order valence-electron chi connectivity index (χ3n) is 3.47. The summed E-state index contributed by atoms with van der Waals surface area (Å²) in [5.41, 5.74) is -7.59. The van der Waals surface area contributed by atoms with E-state index >= 15 is 0 Å². The fourth-order valence-electron chi connectivity index (χ4n) is 2.31. The minimum atomic E-state index is -6.26. The zero-order valence-corrected chi connectivity index (χ0v) is 15.0. The molecule has 0 saturated heterocycles. The summed E-state index contributed by atoms with van der Waals surface area (Å²) >= 11 is 5.68. The molecule has 0 spiro atoms. The van der Waals surface area contributed by atoms with Crippen molar-refractivity contribution < 1.29 is 35.1 Å². The van der Waals surface area contributed by atoms with Gasteiger partial charge < -0.3 is 0 Å². The van der Waals surface area contributed by atoms with E-state index in [1.807, 2.05) is 0 Å². The molecule has 0 fully saturated rings. The van der Waals surface area contributed by atoms with Crippen molar-refractivity contribution in [1.29, 1.82) is 0 Å². The van der Waals surface area contributed by atoms with Gasteiger partial charge in [-0.2, -0.15) is 26.3 Å². The average molecular weight is 499 g/mol. The first kappa shape index (κ1) is 20.4. The summed E-state index contributed by atoms with van der Waals surface area (Å²) in [5.74, 6) is -0.892. The Kier molecular flexibility index (Phi) is 5.20. The van der Waals surface area contributed by atoms with Gasteiger partial charge in [0.25, 0.3) is 0 Å². The molecule has 0 N–H and O–H groups in total. The molecule has 2 rings (SSSR count). The van der Waals surface area contributed by atoms with Crippen LogP contribution < -0.4 is 0 Å². The van der Waals surface area contributed by atoms with E-state index in [-0.39, 0.29) is 10.0 Å². The summed E-state index contributed by atoms with van der Waals surface area (Å²) < 4.78 is 104. The van der Waals surface area contributed by atoms with E-state index in [2.05, 4.69) is 31.9 Å². The van der Waals surface area contributed by atoms with Crippen molar-refractivity contribution in [3.05, 3.63) is 64.3 Å². The van der Waals surface area contributed by atoms with Crippen molar-refractivity contribution >= 4 is 31.9 Å². The fourth-order valence-corrected chi connectivity index (χ4v) is 4.04. The molecule has 1 radical (unpaired) electrons. The topological polar surface area (TPSA) is 0 Å². The Morgan fingerprint density at radius 2 is 1.40 bits per heavy atom. The molecule has 0 aromatic heterocycles. The smallest absolute Gasteiger partial charge is 0.218 e. The quantitative estimate of drug-likeness (QED) is 0.315. The van der Waals surface area contributed by atoms with Crippen molar-refractivity contribution in [2.75, 3.05) is 0 Å². The van der Waals surface area contributed by atoms with Gasteiger partial charge in [-0.25, -0.2) is 8.78 Å². The lowest BCUT2D eigenvalue weighted by Gasteiger charge is -2.36. The van der Waals surface area contributed by atoms with Crippen molar-refractivity contribution in [2.45, 2.75) is 22.3 Å². The Morgan fingerprint density at radius 3 is 1.88 bits per heavy atom. The molecule has 1 aromatic rings. The molecular formula is C15H7Br2F8. The molecule has 1 unspecified atom stereocenters. The van der Waals surface area contributed by atoms with E-state index in [9.17, 15) is 35.1 Å². The molecule has 1 aliphatic rings. The van der Waals surface area contributed by atoms with Gasteiger partial charge in [-0.05, 0) is 12.1 Å². The van der Waals surface area contributed by atoms with Crippen LogP contribution in [0, 0.1) is 12.2 Å². The highest BCUT2D eigenvalue weighted by Crippen LogP contribution is 2.55. The lowest BCUT2D eigenvalue weighted by atomic mass is 9.82. The predicted molar refractivity (Wildman–Crippen MR) is 82.3 cm³/mol. The highest BCUT2D eigenvalue weighted by atomic mass is 79.9. The Labute approximate surface area is 153 Å². The number of halogens is 10. The van der Waals surface area contributed by atoms with Crippen LogP contribution in [0.15, 0.2) is 46.5 Å². The van der Waals surface area contributed by atoms with Crippen LogP contribution in [0.5, 0.6) is 0 Å². The van der Waals surface area contributed by atoms with Crippen LogP contribution in [0.1, 0.15) is 5.56 Å². The summed E-state index contributed by atoms with van der Waals surface area (Å²) in [6.45, 7) is 0. The maximum absolute atomic E-state index is 14.3. The number of hydrogen-bond acceptors (Lipinski definition) is 0. The monoisotopic (exact) mass is 497 g/mol. The Bertz CT molecular complexity index is 718. The normalized spacial score (nSPS) is 22.5. The lowest BCUT2D eigenvalue weighted by Crippen LogP contribution is -2.55. The first-order valence-electron chi connectivity index (χ1n) is 6.45. The number of benzene rings is 1. The Hall–Kier alpha value is -0.900. The Balaban J connectivity index is 2.71. The van der Waals surface area contributed by atoms with Crippen molar-refractivity contribution in [2.24, 2.45) is 0 Å². The van der Waals surface area contributed by atoms with E-state index in [4.69, 9.17) is 0 Å². The maximum Gasteiger partial charge on any atom is 0.435 e. The number of hydrogen-bond donors (Lipinski definition) is 0. The van der Waals surface area contributed by atoms with E-state index in [0.717, 1.165) is 18.6 Å². The fraction of sp³-hybridized carbons (Fsp3) is 0.267. The van der Waals surface area contributed by atoms with Crippen molar-refractivity contribution in [3.8, 4) is 0 Å². The second kappa shape index (κ2) is 6.37. The number of rotatable bonds is 2. The van der Waals surface area contributed by atoms with E-state index < -0.39 is 33.7 Å². The average Bonchev–Trinajstić information content (AvgIpc) is 2.43. The lowest BCUT2D eigenvalue weighted by molar-refractivity contribution is -0.325. The second-order valence-corrected chi connectivity index (χ2v) is 7.40. The van der Waals surface area contributed by atoms with Crippen molar-refractivity contribution in [3.63, 3.8) is 0 Å². The van der Waals surface area contributed by atoms with Gasteiger partial charge in [0.15, 0.2) is 0 Å². The second-order valence-electron chi connectivity index (χ2n) is 5.18. The summed E-state index contributed by atoms with van der Waals surface area (Å²) in [4.78, 5) is 0. The molecule has 1 aromatic carbocycles. The van der Waals surface area contributed by atoms with Crippen molar-refractivity contribution in [1.82, 2.24) is 0 Å². The molecule has 0 amide bonds. The van der Waals surface area contributed by atoms with Gasteiger partial charge >= 0.3 is 18.0 Å². The van der Waals surface area contributed by atoms with Gasteiger partial charge in [-0.3, -0.25) is 0 Å². The van der Waals surface area contributed by atoms with Gasteiger partial charge in [0.2, 0.25) is 0 Å². The Morgan fingerprint density at radius 1 is 0.880 bits per heavy atom. The molecular weight excluding hydrogens is 492 g/mol. The van der Waals surface area contributed by atoms with E-state index in [0.29, 0.717) is 12.2 Å². The summed E-state index contributed by atoms with van der Waals surface area (Å²) in [6, 6.07) is 4.76. The van der Waals surface area contributed by atoms with Crippen LogP contribution >= 0.6 is 31.9 Å². The zero-order chi connectivity index (χ0) is 19.3. The van der Waals surface area contributed by atoms with Crippen LogP contribution in [0.25, 0.3) is 0 Å². The standard InChI is InChI=1S/C15H7Br2F8/c16-9-5-8(13(19,14(20,21)22)15(23,24)25)6-12(17,7-9)10-3-1-2-4-11(10)18/h1-7H. The predicted octanol–water partition coefficient (Wildman–Crippen LogP) is 6.67. The largest absolute Gasteiger partial charge is 0.435 e. The summed E-state index contributed by atoms with van der Waals surface area (Å²) in [6.07, 6.45) is -10.7. The minimum Gasteiger partial charge on any atom is -0.218 e. The molecule has 1 atom stereocenters. The van der Waals surface area contributed by atoms with Crippen LogP contribution in [-0.2, 0) is 4.32 Å². The first-order chi connectivity index (χ1) is 11.2. The molecule has 10 heteroatoms. The highest BCUT2D eigenvalue weighted by Gasteiger charge is 2.74. The molecule has 0 aliphatic heterocycles. The molecule has 0 heterocycles. The molecule has 25 heavy (non-hydrogen) atoms. The van der Waals surface area contributed by atoms with Gasteiger partial charge in [0.05, 0.1) is 4.32 Å². The third-order valence-corrected chi connectivity index (χ3v) is 4.82. The van der Waals surface area contributed by atoms with Crippen LogP contribution in [0.2, 0.25) is 0 Å². The maximum atomic E-state index is 14.3. The number of alkyl halides is 8. The zero-order valence-electron chi connectivity index (χ0n) is 11.8. The molecule has 1 aliphatic carbocycles. The van der Waals surface area contributed by atoms with Crippen LogP contribution in [-0.4, -0.2) is 18.0 Å². The molecule has 0 saturated carbocycles. The third kappa shape index (κ3) is 3.51. The highest BCUT2D eigenvalue weighted by molar-refractivity contribution is 9.12. The van der Waals surface area contributed by atoms with Gasteiger partial charge in [-0.1, -0.05) is 56.1 Å². The molecule has 0 nitrogen and oxygen atoms in total. The number of allylic oxidation sites excluding steroid dienone is 4. The summed E-state index contributed by atoms with van der Waals surface area (Å²) in [5, 5.41) is 0. The first-order valence-corrected chi connectivity index (χ1v) is 8.04. The summed E-state index contributed by atoms with van der Waals surface area (Å²) in [7, 11) is 0. The van der Waals surface area contributed by atoms with Crippen LogP contribution in [0.3, 0.4) is 0 Å². The molecule has 137 valence electrons. The van der Waals surface area contributed by atoms with Crippen LogP contribution in [0.4, 0.5) is 35.1 Å². The van der Waals surface area contributed by atoms with E-state index in [1.54, 1.807) is 0 Å².